The number of fused-ring (bicyclic) bond motifs is 5. The molecule has 140 valence electrons. The lowest BCUT2D eigenvalue weighted by Crippen LogP contribution is -2.56. The molecule has 0 aromatic carbocycles. The van der Waals surface area contributed by atoms with Crippen LogP contribution in [0.2, 0.25) is 0 Å². The Bertz CT molecular complexity index is 572. The third-order valence-corrected chi connectivity index (χ3v) is 8.65. The largest absolute Gasteiger partial charge is 0.463 e. The van der Waals surface area contributed by atoms with Gasteiger partial charge in [-0.1, -0.05) is 6.92 Å². The van der Waals surface area contributed by atoms with Crippen LogP contribution >= 0.6 is 0 Å². The number of Topliss-reactive ketones (excluding diaryl/α,β-unsaturated/α-hetero) is 1. The molecule has 7 atom stereocenters. The van der Waals surface area contributed by atoms with Crippen molar-refractivity contribution in [1.82, 2.24) is 0 Å². The zero-order valence-electron chi connectivity index (χ0n) is 15.6. The number of ketones is 1. The molecule has 1 N–H and O–H groups in total. The van der Waals surface area contributed by atoms with Crippen molar-refractivity contribution in [2.45, 2.75) is 77.7 Å². The summed E-state index contributed by atoms with van der Waals surface area (Å²) in [6.07, 6.45) is 8.96. The summed E-state index contributed by atoms with van der Waals surface area (Å²) in [5.74, 6) is 2.41. The molecule has 0 aromatic heterocycles. The van der Waals surface area contributed by atoms with Crippen LogP contribution in [0.4, 0.5) is 0 Å². The summed E-state index contributed by atoms with van der Waals surface area (Å²) in [4.78, 5) is 23.8. The SMILES string of the molecule is CC(=O)OC1CCC2(CO)C(CCC3C4CCC(=O)C4(C)CCC32)C1. The molecule has 7 unspecified atom stereocenters. The molecular weight excluding hydrogens is 316 g/mol. The molecule has 4 aliphatic carbocycles. The van der Waals surface area contributed by atoms with Gasteiger partial charge in [-0.15, -0.1) is 0 Å². The van der Waals surface area contributed by atoms with Crippen LogP contribution in [0.15, 0.2) is 0 Å². The number of aliphatic hydroxyl groups excluding tert-OH is 1. The lowest BCUT2D eigenvalue weighted by Gasteiger charge is -2.60. The van der Waals surface area contributed by atoms with Gasteiger partial charge < -0.3 is 9.84 Å². The maximum absolute atomic E-state index is 12.5. The van der Waals surface area contributed by atoms with Crippen molar-refractivity contribution in [3.05, 3.63) is 0 Å². The van der Waals surface area contributed by atoms with E-state index in [4.69, 9.17) is 4.74 Å². The van der Waals surface area contributed by atoms with Crippen LogP contribution in [-0.4, -0.2) is 29.6 Å². The van der Waals surface area contributed by atoms with Gasteiger partial charge in [-0.25, -0.2) is 0 Å². The van der Waals surface area contributed by atoms with Gasteiger partial charge in [0, 0.05) is 25.4 Å². The molecule has 25 heavy (non-hydrogen) atoms. The highest BCUT2D eigenvalue weighted by Crippen LogP contribution is 2.65. The van der Waals surface area contributed by atoms with E-state index in [2.05, 4.69) is 6.92 Å². The summed E-state index contributed by atoms with van der Waals surface area (Å²) in [6.45, 7) is 3.95. The van der Waals surface area contributed by atoms with Gasteiger partial charge in [-0.3, -0.25) is 9.59 Å². The first-order chi connectivity index (χ1) is 11.9. The summed E-state index contributed by atoms with van der Waals surface area (Å²) in [7, 11) is 0. The minimum Gasteiger partial charge on any atom is -0.463 e. The fourth-order valence-corrected chi connectivity index (χ4v) is 7.43. The minimum atomic E-state index is -0.187. The van der Waals surface area contributed by atoms with Crippen molar-refractivity contribution in [2.75, 3.05) is 6.61 Å². The van der Waals surface area contributed by atoms with Crippen LogP contribution in [0.25, 0.3) is 0 Å². The Balaban J connectivity index is 1.58. The van der Waals surface area contributed by atoms with E-state index >= 15 is 0 Å². The second-order valence-electron chi connectivity index (χ2n) is 9.47. The Kier molecular flexibility index (Phi) is 4.25. The highest BCUT2D eigenvalue weighted by molar-refractivity contribution is 5.87. The number of esters is 1. The van der Waals surface area contributed by atoms with E-state index in [0.717, 1.165) is 51.4 Å². The summed E-state index contributed by atoms with van der Waals surface area (Å²) in [5, 5.41) is 10.5. The fraction of sp³-hybridized carbons (Fsp3) is 0.905. The quantitative estimate of drug-likeness (QED) is 0.776. The summed E-state index contributed by atoms with van der Waals surface area (Å²) >= 11 is 0. The van der Waals surface area contributed by atoms with Gasteiger partial charge in [-0.05, 0) is 80.5 Å². The fourth-order valence-electron chi connectivity index (χ4n) is 7.43. The van der Waals surface area contributed by atoms with Crippen LogP contribution in [0.3, 0.4) is 0 Å². The van der Waals surface area contributed by atoms with Crippen LogP contribution < -0.4 is 0 Å². The zero-order valence-corrected chi connectivity index (χ0v) is 15.6. The van der Waals surface area contributed by atoms with Crippen molar-refractivity contribution in [1.29, 1.82) is 0 Å². The molecule has 0 heterocycles. The Morgan fingerprint density at radius 2 is 1.96 bits per heavy atom. The van der Waals surface area contributed by atoms with Crippen LogP contribution in [0, 0.1) is 34.5 Å². The maximum atomic E-state index is 12.5. The standard InChI is InChI=1S/C21H32O4/c1-13(23)25-15-7-10-21(12-22)14(11-15)3-4-16-17-5-6-19(24)20(17,2)9-8-18(16)21/h14-18,22H,3-12H2,1-2H3. The normalized spacial score (nSPS) is 49.1. The van der Waals surface area contributed by atoms with Gasteiger partial charge in [0.15, 0.2) is 0 Å². The van der Waals surface area contributed by atoms with Crippen molar-refractivity contribution >= 4 is 11.8 Å². The lowest BCUT2D eigenvalue weighted by molar-refractivity contribution is -0.169. The van der Waals surface area contributed by atoms with Gasteiger partial charge in [0.1, 0.15) is 11.9 Å². The molecule has 0 amide bonds. The molecule has 0 aliphatic heterocycles. The molecule has 4 aliphatic rings. The average molecular weight is 348 g/mol. The third-order valence-electron chi connectivity index (χ3n) is 8.65. The lowest BCUT2D eigenvalue weighted by atomic mass is 9.45. The van der Waals surface area contributed by atoms with Crippen LogP contribution in [-0.2, 0) is 14.3 Å². The van der Waals surface area contributed by atoms with E-state index in [-0.39, 0.29) is 29.5 Å². The predicted octanol–water partition coefficient (Wildman–Crippen LogP) is 3.50. The van der Waals surface area contributed by atoms with E-state index in [1.54, 1.807) is 0 Å². The van der Waals surface area contributed by atoms with Gasteiger partial charge >= 0.3 is 5.97 Å². The zero-order chi connectivity index (χ0) is 17.8. The molecule has 0 saturated heterocycles. The molecule has 0 radical (unpaired) electrons. The first kappa shape index (κ1) is 17.5. The summed E-state index contributed by atoms with van der Waals surface area (Å²) in [6, 6.07) is 0. The van der Waals surface area contributed by atoms with Crippen molar-refractivity contribution < 1.29 is 19.4 Å². The smallest absolute Gasteiger partial charge is 0.302 e. The minimum absolute atomic E-state index is 0.00741. The van der Waals surface area contributed by atoms with Gasteiger partial charge in [0.2, 0.25) is 0 Å². The van der Waals surface area contributed by atoms with Crippen LogP contribution in [0.1, 0.15) is 71.6 Å². The maximum Gasteiger partial charge on any atom is 0.302 e. The number of hydrogen-bond donors (Lipinski definition) is 1. The molecule has 4 nitrogen and oxygen atoms in total. The molecule has 0 aromatic rings. The Labute approximate surface area is 150 Å². The van der Waals surface area contributed by atoms with Crippen LogP contribution in [0.5, 0.6) is 0 Å². The monoisotopic (exact) mass is 348 g/mol. The van der Waals surface area contributed by atoms with E-state index < -0.39 is 0 Å². The number of hydrogen-bond acceptors (Lipinski definition) is 4. The topological polar surface area (TPSA) is 63.6 Å². The Morgan fingerprint density at radius 1 is 1.16 bits per heavy atom. The second kappa shape index (κ2) is 6.07. The molecule has 0 bridgehead atoms. The number of carbonyl (C=O) groups excluding carboxylic acids is 2. The molecule has 4 saturated carbocycles. The number of ether oxygens (including phenoxy) is 1. The van der Waals surface area contributed by atoms with Crippen molar-refractivity contribution in [3.63, 3.8) is 0 Å². The molecule has 4 rings (SSSR count). The highest BCUT2D eigenvalue weighted by atomic mass is 16.5. The van der Waals surface area contributed by atoms with E-state index in [1.165, 1.54) is 13.3 Å². The second-order valence-corrected chi connectivity index (χ2v) is 9.47. The Morgan fingerprint density at radius 3 is 2.68 bits per heavy atom. The van der Waals surface area contributed by atoms with Gasteiger partial charge in [-0.2, -0.15) is 0 Å². The highest BCUT2D eigenvalue weighted by Gasteiger charge is 2.61. The summed E-state index contributed by atoms with van der Waals surface area (Å²) < 4.78 is 5.50. The van der Waals surface area contributed by atoms with E-state index in [0.29, 0.717) is 29.5 Å². The summed E-state index contributed by atoms with van der Waals surface area (Å²) in [5.41, 5.74) is -0.105. The molecule has 4 fully saturated rings. The van der Waals surface area contributed by atoms with Gasteiger partial charge in [0.05, 0.1) is 0 Å². The molecule has 4 heteroatoms. The third kappa shape index (κ3) is 2.50. The average Bonchev–Trinajstić information content (AvgIpc) is 2.89. The van der Waals surface area contributed by atoms with E-state index in [9.17, 15) is 14.7 Å². The number of carbonyl (C=O) groups is 2. The first-order valence-electron chi connectivity index (χ1n) is 10.2. The number of aliphatic hydroxyl groups is 1. The predicted molar refractivity (Wildman–Crippen MR) is 93.7 cm³/mol. The van der Waals surface area contributed by atoms with E-state index in [1.807, 2.05) is 0 Å². The van der Waals surface area contributed by atoms with Crippen molar-refractivity contribution in [2.24, 2.45) is 34.5 Å². The van der Waals surface area contributed by atoms with Gasteiger partial charge in [0.25, 0.3) is 0 Å². The number of rotatable bonds is 2. The Hall–Kier alpha value is -0.900. The molecular formula is C21H32O4. The van der Waals surface area contributed by atoms with Crippen molar-refractivity contribution in [3.8, 4) is 0 Å². The molecule has 0 spiro atoms. The first-order valence-corrected chi connectivity index (χ1v) is 10.2.